The highest BCUT2D eigenvalue weighted by Crippen LogP contribution is 2.26. The Bertz CT molecular complexity index is 531. The molecule has 20 heavy (non-hydrogen) atoms. The number of nitrogens with zero attached hydrogens (tertiary/aromatic N) is 2. The highest BCUT2D eigenvalue weighted by atomic mass is 16.3. The smallest absolute Gasteiger partial charge is 0.271 e. The topological polar surface area (TPSA) is 84.2 Å². The Morgan fingerprint density at radius 2 is 2.00 bits per heavy atom. The molecule has 2 N–H and O–H groups in total. The van der Waals surface area contributed by atoms with Crippen molar-refractivity contribution in [1.29, 1.82) is 0 Å². The lowest BCUT2D eigenvalue weighted by molar-refractivity contribution is 0.0245. The van der Waals surface area contributed by atoms with Crippen molar-refractivity contribution in [2.75, 3.05) is 6.54 Å². The van der Waals surface area contributed by atoms with E-state index in [0.29, 0.717) is 12.8 Å². The molecule has 110 valence electrons. The molecule has 1 aromatic heterocycles. The number of aryl methyl sites for hydroxylation is 1. The summed E-state index contributed by atoms with van der Waals surface area (Å²) in [4.78, 5) is 23.2. The van der Waals surface area contributed by atoms with Crippen LogP contribution in [0.5, 0.6) is 0 Å². The van der Waals surface area contributed by atoms with Crippen LogP contribution in [-0.2, 0) is 7.05 Å². The summed E-state index contributed by atoms with van der Waals surface area (Å²) in [5, 5.41) is 17.1. The molecule has 6 heteroatoms. The zero-order chi connectivity index (χ0) is 14.6. The van der Waals surface area contributed by atoms with Crippen LogP contribution >= 0.6 is 0 Å². The molecule has 1 aliphatic carbocycles. The van der Waals surface area contributed by atoms with Crippen LogP contribution in [-0.4, -0.2) is 32.9 Å². The van der Waals surface area contributed by atoms with Gasteiger partial charge >= 0.3 is 0 Å². The number of aromatic nitrogens is 2. The fraction of sp³-hybridized carbons (Fsp3) is 0.643. The molecule has 0 unspecified atom stereocenters. The van der Waals surface area contributed by atoms with Crippen molar-refractivity contribution in [3.8, 4) is 0 Å². The normalized spacial score (nSPS) is 18.3. The van der Waals surface area contributed by atoms with E-state index in [1.807, 2.05) is 0 Å². The van der Waals surface area contributed by atoms with Gasteiger partial charge in [-0.15, -0.1) is 0 Å². The van der Waals surface area contributed by atoms with Gasteiger partial charge in [-0.1, -0.05) is 25.7 Å². The number of carbonyl (C=O) groups is 1. The van der Waals surface area contributed by atoms with Gasteiger partial charge in [-0.3, -0.25) is 9.59 Å². The third-order valence-electron chi connectivity index (χ3n) is 3.81. The Morgan fingerprint density at radius 3 is 2.60 bits per heavy atom. The van der Waals surface area contributed by atoms with E-state index in [0.717, 1.165) is 30.4 Å². The molecule has 1 aliphatic rings. The maximum Gasteiger partial charge on any atom is 0.271 e. The van der Waals surface area contributed by atoms with Gasteiger partial charge in [0, 0.05) is 19.7 Å². The highest BCUT2D eigenvalue weighted by Gasteiger charge is 2.28. The fourth-order valence-electron chi connectivity index (χ4n) is 2.52. The van der Waals surface area contributed by atoms with E-state index in [1.54, 1.807) is 0 Å². The number of rotatable bonds is 3. The third-order valence-corrected chi connectivity index (χ3v) is 3.81. The monoisotopic (exact) mass is 279 g/mol. The Kier molecular flexibility index (Phi) is 4.54. The fourth-order valence-corrected chi connectivity index (χ4v) is 2.52. The molecule has 0 aliphatic heterocycles. The number of hydrogen-bond donors (Lipinski definition) is 2. The highest BCUT2D eigenvalue weighted by molar-refractivity contribution is 5.92. The minimum absolute atomic E-state index is 0.185. The molecular weight excluding hydrogens is 258 g/mol. The first-order valence-electron chi connectivity index (χ1n) is 7.05. The van der Waals surface area contributed by atoms with Crippen molar-refractivity contribution in [1.82, 2.24) is 15.1 Å². The van der Waals surface area contributed by atoms with Gasteiger partial charge in [0.25, 0.3) is 11.5 Å². The number of amides is 1. The van der Waals surface area contributed by atoms with Gasteiger partial charge in [0.15, 0.2) is 0 Å². The van der Waals surface area contributed by atoms with E-state index in [1.165, 1.54) is 19.2 Å². The molecule has 0 spiro atoms. The summed E-state index contributed by atoms with van der Waals surface area (Å²) in [5.74, 6) is -0.363. The molecular formula is C14H21N3O3. The lowest BCUT2D eigenvalue weighted by Gasteiger charge is -2.26. The molecule has 1 aromatic rings. The maximum atomic E-state index is 12.0. The molecule has 0 aromatic carbocycles. The van der Waals surface area contributed by atoms with Crippen LogP contribution in [0.2, 0.25) is 0 Å². The minimum atomic E-state index is -0.813. The van der Waals surface area contributed by atoms with Crippen molar-refractivity contribution >= 4 is 5.91 Å². The minimum Gasteiger partial charge on any atom is -0.388 e. The summed E-state index contributed by atoms with van der Waals surface area (Å²) >= 11 is 0. The van der Waals surface area contributed by atoms with Gasteiger partial charge in [0.05, 0.1) is 5.60 Å². The first kappa shape index (κ1) is 14.7. The van der Waals surface area contributed by atoms with Crippen LogP contribution in [0.1, 0.15) is 49.0 Å². The van der Waals surface area contributed by atoms with E-state index in [-0.39, 0.29) is 23.7 Å². The quantitative estimate of drug-likeness (QED) is 0.793. The number of nitrogens with one attached hydrogen (secondary N) is 1. The zero-order valence-electron chi connectivity index (χ0n) is 11.8. The van der Waals surface area contributed by atoms with Crippen LogP contribution in [0.25, 0.3) is 0 Å². The second-order valence-corrected chi connectivity index (χ2v) is 5.50. The molecule has 0 bridgehead atoms. The van der Waals surface area contributed by atoms with Crippen LogP contribution in [0, 0.1) is 0 Å². The number of aliphatic hydroxyl groups is 1. The predicted molar refractivity (Wildman–Crippen MR) is 74.5 cm³/mol. The van der Waals surface area contributed by atoms with E-state index in [2.05, 4.69) is 10.4 Å². The summed E-state index contributed by atoms with van der Waals surface area (Å²) in [7, 11) is 1.50. The summed E-state index contributed by atoms with van der Waals surface area (Å²) in [6, 6.07) is 2.71. The second-order valence-electron chi connectivity index (χ2n) is 5.50. The molecule has 0 saturated heterocycles. The summed E-state index contributed by atoms with van der Waals surface area (Å²) in [6.45, 7) is 0.232. The summed E-state index contributed by atoms with van der Waals surface area (Å²) < 4.78 is 1.12. The maximum absolute atomic E-state index is 12.0. The SMILES string of the molecule is Cn1nc(C(=O)NCC2(O)CCCCCC2)ccc1=O. The van der Waals surface area contributed by atoms with Gasteiger partial charge in [-0.25, -0.2) is 4.68 Å². The molecule has 1 fully saturated rings. The Labute approximate surface area is 117 Å². The molecule has 1 heterocycles. The first-order valence-corrected chi connectivity index (χ1v) is 7.05. The number of hydrogen-bond acceptors (Lipinski definition) is 4. The van der Waals surface area contributed by atoms with Gasteiger partial charge in [-0.2, -0.15) is 5.10 Å². The van der Waals surface area contributed by atoms with E-state index in [9.17, 15) is 14.7 Å². The molecule has 2 rings (SSSR count). The van der Waals surface area contributed by atoms with Crippen molar-refractivity contribution in [3.63, 3.8) is 0 Å². The Balaban J connectivity index is 1.97. The molecule has 1 saturated carbocycles. The van der Waals surface area contributed by atoms with Crippen molar-refractivity contribution in [2.45, 2.75) is 44.1 Å². The molecule has 1 amide bonds. The average Bonchev–Trinajstić information content (AvgIpc) is 2.65. The van der Waals surface area contributed by atoms with Crippen LogP contribution in [0.3, 0.4) is 0 Å². The Hall–Kier alpha value is -1.69. The van der Waals surface area contributed by atoms with Crippen molar-refractivity contribution in [3.05, 3.63) is 28.2 Å². The van der Waals surface area contributed by atoms with Gasteiger partial charge in [0.1, 0.15) is 5.69 Å². The standard InChI is InChI=1S/C14H21N3O3/c1-17-12(18)7-6-11(16-17)13(19)15-10-14(20)8-4-2-3-5-9-14/h6-7,20H,2-5,8-10H2,1H3,(H,15,19). The third kappa shape index (κ3) is 3.66. The molecule has 0 atom stereocenters. The van der Waals surface area contributed by atoms with Gasteiger partial charge < -0.3 is 10.4 Å². The van der Waals surface area contributed by atoms with Crippen LogP contribution in [0.15, 0.2) is 16.9 Å². The van der Waals surface area contributed by atoms with Gasteiger partial charge in [-0.05, 0) is 18.9 Å². The Morgan fingerprint density at radius 1 is 1.35 bits per heavy atom. The van der Waals surface area contributed by atoms with E-state index < -0.39 is 5.60 Å². The zero-order valence-corrected chi connectivity index (χ0v) is 11.8. The second kappa shape index (κ2) is 6.17. The van der Waals surface area contributed by atoms with Crippen LogP contribution in [0.4, 0.5) is 0 Å². The number of carbonyl (C=O) groups excluding carboxylic acids is 1. The largest absolute Gasteiger partial charge is 0.388 e. The van der Waals surface area contributed by atoms with Crippen LogP contribution < -0.4 is 10.9 Å². The lowest BCUT2D eigenvalue weighted by Crippen LogP contribution is -2.43. The predicted octanol–water partition coefficient (Wildman–Crippen LogP) is 0.595. The summed E-state index contributed by atoms with van der Waals surface area (Å²) in [6.07, 6.45) is 5.69. The van der Waals surface area contributed by atoms with Gasteiger partial charge in [0.2, 0.25) is 0 Å². The van der Waals surface area contributed by atoms with Crippen molar-refractivity contribution < 1.29 is 9.90 Å². The first-order chi connectivity index (χ1) is 9.50. The van der Waals surface area contributed by atoms with E-state index in [4.69, 9.17) is 0 Å². The van der Waals surface area contributed by atoms with E-state index >= 15 is 0 Å². The average molecular weight is 279 g/mol. The molecule has 0 radical (unpaired) electrons. The molecule has 6 nitrogen and oxygen atoms in total. The van der Waals surface area contributed by atoms with Crippen molar-refractivity contribution in [2.24, 2.45) is 7.05 Å². The summed E-state index contributed by atoms with van der Waals surface area (Å²) in [5.41, 5.74) is -0.888. The lowest BCUT2D eigenvalue weighted by atomic mass is 9.94.